The molecule has 3 atom stereocenters. The molecular formula is C21H22F3N3O2. The highest BCUT2D eigenvalue weighted by Gasteiger charge is 2.44. The normalized spacial score (nSPS) is 23.9. The fraction of sp³-hybridized carbons (Fsp3) is 0.476. The summed E-state index contributed by atoms with van der Waals surface area (Å²) in [5.41, 5.74) is 0.766. The summed E-state index contributed by atoms with van der Waals surface area (Å²) in [6, 6.07) is 5.90. The van der Waals surface area contributed by atoms with Crippen molar-refractivity contribution in [3.05, 3.63) is 52.8 Å². The summed E-state index contributed by atoms with van der Waals surface area (Å²) in [7, 11) is 1.31. The lowest BCUT2D eigenvalue weighted by Gasteiger charge is -2.22. The molecule has 5 nitrogen and oxygen atoms in total. The standard InChI is InChI=1S/C21H22F3N3O2/c1-12-9-25-20(26-18(12)19(28)29-2)27-10-14-7-13(8-15(14)11-27)16-5-3-4-6-17(16)21(22,23)24/h3-6,9,13-15H,7-8,10-11H2,1-2H3/t13-,14+,15-. The number of ether oxygens (including phenoxy) is 1. The molecule has 1 aromatic heterocycles. The monoisotopic (exact) mass is 405 g/mol. The van der Waals surface area contributed by atoms with Crippen LogP contribution in [0.2, 0.25) is 0 Å². The lowest BCUT2D eigenvalue weighted by Crippen LogP contribution is -2.25. The quantitative estimate of drug-likeness (QED) is 0.716. The van der Waals surface area contributed by atoms with Crippen LogP contribution >= 0.6 is 0 Å². The molecule has 1 saturated carbocycles. The number of rotatable bonds is 3. The highest BCUT2D eigenvalue weighted by atomic mass is 19.4. The summed E-state index contributed by atoms with van der Waals surface area (Å²) in [4.78, 5) is 22.6. The predicted octanol–water partition coefficient (Wildman–Crippen LogP) is 4.22. The van der Waals surface area contributed by atoms with Crippen LogP contribution in [0.15, 0.2) is 30.5 Å². The van der Waals surface area contributed by atoms with E-state index in [1.165, 1.54) is 19.2 Å². The van der Waals surface area contributed by atoms with E-state index in [4.69, 9.17) is 4.74 Å². The number of carbonyl (C=O) groups excluding carboxylic acids is 1. The van der Waals surface area contributed by atoms with Crippen LogP contribution in [-0.2, 0) is 10.9 Å². The minimum absolute atomic E-state index is 0.0884. The Balaban J connectivity index is 1.50. The van der Waals surface area contributed by atoms with Gasteiger partial charge in [0.2, 0.25) is 5.95 Å². The van der Waals surface area contributed by atoms with Crippen LogP contribution in [0.4, 0.5) is 19.1 Å². The number of aryl methyl sites for hydroxylation is 1. The van der Waals surface area contributed by atoms with Crippen LogP contribution in [0, 0.1) is 18.8 Å². The maximum absolute atomic E-state index is 13.4. The van der Waals surface area contributed by atoms with Gasteiger partial charge in [-0.25, -0.2) is 14.8 Å². The maximum atomic E-state index is 13.4. The molecule has 1 aliphatic heterocycles. The average Bonchev–Trinajstić information content (AvgIpc) is 3.26. The van der Waals surface area contributed by atoms with Crippen LogP contribution in [0.5, 0.6) is 0 Å². The van der Waals surface area contributed by atoms with Gasteiger partial charge in [-0.15, -0.1) is 0 Å². The third-order valence-electron chi connectivity index (χ3n) is 6.08. The molecular weight excluding hydrogens is 383 g/mol. The minimum Gasteiger partial charge on any atom is -0.464 e. The zero-order valence-electron chi connectivity index (χ0n) is 16.2. The van der Waals surface area contributed by atoms with Gasteiger partial charge in [0.15, 0.2) is 5.69 Å². The number of halogens is 3. The summed E-state index contributed by atoms with van der Waals surface area (Å²) in [6.45, 7) is 3.11. The van der Waals surface area contributed by atoms with Gasteiger partial charge >= 0.3 is 12.1 Å². The van der Waals surface area contributed by atoms with Gasteiger partial charge in [0, 0.05) is 24.8 Å². The largest absolute Gasteiger partial charge is 0.464 e. The van der Waals surface area contributed by atoms with E-state index in [9.17, 15) is 18.0 Å². The van der Waals surface area contributed by atoms with E-state index in [0.717, 1.165) is 0 Å². The number of hydrogen-bond donors (Lipinski definition) is 0. The zero-order valence-corrected chi connectivity index (χ0v) is 16.2. The number of hydrogen-bond acceptors (Lipinski definition) is 5. The second-order valence-corrected chi connectivity index (χ2v) is 7.87. The van der Waals surface area contributed by atoms with Gasteiger partial charge < -0.3 is 9.64 Å². The summed E-state index contributed by atoms with van der Waals surface area (Å²) < 4.78 is 44.9. The Hall–Kier alpha value is -2.64. The molecule has 29 heavy (non-hydrogen) atoms. The fourth-order valence-corrected chi connectivity index (χ4v) is 4.72. The Bertz CT molecular complexity index is 918. The van der Waals surface area contributed by atoms with Crippen LogP contribution in [0.25, 0.3) is 0 Å². The third-order valence-corrected chi connectivity index (χ3v) is 6.08. The first-order valence-corrected chi connectivity index (χ1v) is 9.61. The van der Waals surface area contributed by atoms with Crippen molar-refractivity contribution in [3.8, 4) is 0 Å². The van der Waals surface area contributed by atoms with Crippen LogP contribution in [0.1, 0.15) is 45.9 Å². The van der Waals surface area contributed by atoms with E-state index in [2.05, 4.69) is 9.97 Å². The average molecular weight is 405 g/mol. The van der Waals surface area contributed by atoms with Gasteiger partial charge in [0.1, 0.15) is 0 Å². The number of nitrogens with zero attached hydrogens (tertiary/aromatic N) is 3. The third kappa shape index (κ3) is 3.68. The zero-order chi connectivity index (χ0) is 20.8. The van der Waals surface area contributed by atoms with Crippen molar-refractivity contribution >= 4 is 11.9 Å². The molecule has 0 unspecified atom stereocenters. The minimum atomic E-state index is -4.33. The fourth-order valence-electron chi connectivity index (χ4n) is 4.72. The van der Waals surface area contributed by atoms with Crippen LogP contribution in [-0.4, -0.2) is 36.1 Å². The number of benzene rings is 1. The molecule has 0 bridgehead atoms. The smallest absolute Gasteiger partial charge is 0.416 e. The van der Waals surface area contributed by atoms with Crippen molar-refractivity contribution in [1.29, 1.82) is 0 Å². The molecule has 0 radical (unpaired) electrons. The van der Waals surface area contributed by atoms with E-state index < -0.39 is 17.7 Å². The highest BCUT2D eigenvalue weighted by Crippen LogP contribution is 2.49. The number of aromatic nitrogens is 2. The Morgan fingerprint density at radius 2 is 1.83 bits per heavy atom. The molecule has 1 saturated heterocycles. The molecule has 4 rings (SSSR count). The van der Waals surface area contributed by atoms with E-state index in [1.54, 1.807) is 25.3 Å². The van der Waals surface area contributed by atoms with E-state index >= 15 is 0 Å². The Morgan fingerprint density at radius 1 is 1.17 bits per heavy atom. The van der Waals surface area contributed by atoms with Crippen molar-refractivity contribution in [2.45, 2.75) is 31.9 Å². The topological polar surface area (TPSA) is 55.3 Å². The molecule has 0 N–H and O–H groups in total. The van der Waals surface area contributed by atoms with Crippen molar-refractivity contribution in [3.63, 3.8) is 0 Å². The van der Waals surface area contributed by atoms with E-state index in [1.807, 2.05) is 4.90 Å². The van der Waals surface area contributed by atoms with Gasteiger partial charge in [-0.05, 0) is 49.1 Å². The number of fused-ring (bicyclic) bond motifs is 1. The SMILES string of the molecule is COC(=O)c1nc(N2C[C@H]3C[C@H](c4ccccc4C(F)(F)F)C[C@H]3C2)ncc1C. The summed E-state index contributed by atoms with van der Waals surface area (Å²) in [5, 5.41) is 0. The first kappa shape index (κ1) is 19.7. The summed E-state index contributed by atoms with van der Waals surface area (Å²) >= 11 is 0. The lowest BCUT2D eigenvalue weighted by molar-refractivity contribution is -0.138. The van der Waals surface area contributed by atoms with Gasteiger partial charge in [0.05, 0.1) is 12.7 Å². The molecule has 2 aromatic rings. The number of carbonyl (C=O) groups is 1. The number of alkyl halides is 3. The maximum Gasteiger partial charge on any atom is 0.416 e. The molecule has 2 aliphatic rings. The van der Waals surface area contributed by atoms with Crippen LogP contribution in [0.3, 0.4) is 0 Å². The molecule has 2 heterocycles. The van der Waals surface area contributed by atoms with Crippen molar-refractivity contribution in [2.24, 2.45) is 11.8 Å². The summed E-state index contributed by atoms with van der Waals surface area (Å²) in [5.74, 6) is 0.446. The molecule has 0 spiro atoms. The van der Waals surface area contributed by atoms with Crippen LogP contribution < -0.4 is 4.90 Å². The van der Waals surface area contributed by atoms with E-state index in [-0.39, 0.29) is 23.4 Å². The lowest BCUT2D eigenvalue weighted by atomic mass is 9.91. The molecule has 8 heteroatoms. The van der Waals surface area contributed by atoms with Gasteiger partial charge in [-0.2, -0.15) is 13.2 Å². The molecule has 1 aliphatic carbocycles. The van der Waals surface area contributed by atoms with Gasteiger partial charge in [0.25, 0.3) is 0 Å². The number of anilines is 1. The second-order valence-electron chi connectivity index (χ2n) is 7.87. The second kappa shape index (κ2) is 7.31. The predicted molar refractivity (Wildman–Crippen MR) is 101 cm³/mol. The van der Waals surface area contributed by atoms with E-state index in [0.29, 0.717) is 43.0 Å². The Labute approximate surface area is 166 Å². The molecule has 2 fully saturated rings. The first-order valence-electron chi connectivity index (χ1n) is 9.61. The number of methoxy groups -OCH3 is 1. The Kier molecular flexibility index (Phi) is 4.96. The van der Waals surface area contributed by atoms with Gasteiger partial charge in [-0.3, -0.25) is 0 Å². The number of esters is 1. The molecule has 154 valence electrons. The molecule has 1 aromatic carbocycles. The van der Waals surface area contributed by atoms with Crippen molar-refractivity contribution in [2.75, 3.05) is 25.1 Å². The van der Waals surface area contributed by atoms with Gasteiger partial charge in [-0.1, -0.05) is 18.2 Å². The first-order chi connectivity index (χ1) is 13.8. The Morgan fingerprint density at radius 3 is 2.45 bits per heavy atom. The molecule has 0 amide bonds. The van der Waals surface area contributed by atoms with Crippen molar-refractivity contribution in [1.82, 2.24) is 9.97 Å². The summed E-state index contributed by atoms with van der Waals surface area (Å²) in [6.07, 6.45) is -1.31. The highest BCUT2D eigenvalue weighted by molar-refractivity contribution is 5.88. The van der Waals surface area contributed by atoms with Crippen molar-refractivity contribution < 1.29 is 22.7 Å².